The van der Waals surface area contributed by atoms with Gasteiger partial charge in [-0.15, -0.1) is 0 Å². The van der Waals surface area contributed by atoms with Crippen molar-refractivity contribution in [1.29, 1.82) is 0 Å². The molecule has 1 saturated heterocycles. The summed E-state index contributed by atoms with van der Waals surface area (Å²) < 4.78 is 43.6. The second-order valence-corrected chi connectivity index (χ2v) is 4.91. The second kappa shape index (κ2) is 5.93. The van der Waals surface area contributed by atoms with E-state index in [1.807, 2.05) is 0 Å². The number of anilines is 1. The highest BCUT2D eigenvalue weighted by Crippen LogP contribution is 2.32. The Morgan fingerprint density at radius 3 is 2.67 bits per heavy atom. The second-order valence-electron chi connectivity index (χ2n) is 4.91. The Balaban J connectivity index is 2.31. The van der Waals surface area contributed by atoms with Crippen molar-refractivity contribution < 1.29 is 22.7 Å². The number of carbonyl (C=O) groups is 1. The van der Waals surface area contributed by atoms with Crippen molar-refractivity contribution >= 4 is 11.6 Å². The van der Waals surface area contributed by atoms with E-state index in [0.717, 1.165) is 12.1 Å². The summed E-state index contributed by atoms with van der Waals surface area (Å²) in [7, 11) is 3.13. The van der Waals surface area contributed by atoms with Gasteiger partial charge in [0.05, 0.1) is 17.2 Å². The zero-order chi connectivity index (χ0) is 15.6. The molecule has 7 heteroatoms. The first kappa shape index (κ1) is 15.6. The van der Waals surface area contributed by atoms with Gasteiger partial charge >= 0.3 is 6.18 Å². The van der Waals surface area contributed by atoms with E-state index >= 15 is 0 Å². The molecule has 0 spiro atoms. The van der Waals surface area contributed by atoms with E-state index in [2.05, 4.69) is 5.32 Å². The van der Waals surface area contributed by atoms with Crippen molar-refractivity contribution in [3.63, 3.8) is 0 Å². The number of nitrogens with one attached hydrogen (secondary N) is 1. The molecule has 1 atom stereocenters. The lowest BCUT2D eigenvalue weighted by atomic mass is 10.1. The minimum atomic E-state index is -4.47. The number of carbonyl (C=O) groups excluding carboxylic acids is 1. The fourth-order valence-electron chi connectivity index (χ4n) is 2.39. The van der Waals surface area contributed by atoms with Crippen LogP contribution in [0.4, 0.5) is 18.9 Å². The molecule has 0 aromatic heterocycles. The lowest BCUT2D eigenvalue weighted by Gasteiger charge is -2.19. The van der Waals surface area contributed by atoms with E-state index in [4.69, 9.17) is 4.74 Å². The van der Waals surface area contributed by atoms with Crippen LogP contribution in [0.2, 0.25) is 0 Å². The molecule has 4 nitrogen and oxygen atoms in total. The molecule has 1 amide bonds. The number of benzene rings is 1. The number of likely N-dealkylation sites (tertiary alicyclic amines) is 1. The first-order valence-corrected chi connectivity index (χ1v) is 6.58. The summed E-state index contributed by atoms with van der Waals surface area (Å²) in [5, 5.41) is 2.76. The maximum absolute atomic E-state index is 12.8. The third-order valence-corrected chi connectivity index (χ3v) is 3.61. The summed E-state index contributed by atoms with van der Waals surface area (Å²) in [6, 6.07) is 3.14. The Morgan fingerprint density at radius 1 is 1.43 bits per heavy atom. The molecule has 1 aromatic carbocycles. The molecule has 0 bridgehead atoms. The third-order valence-electron chi connectivity index (χ3n) is 3.61. The predicted molar refractivity (Wildman–Crippen MR) is 72.3 cm³/mol. The van der Waals surface area contributed by atoms with Crippen molar-refractivity contribution in [2.45, 2.75) is 18.7 Å². The number of amides is 1. The van der Waals surface area contributed by atoms with Crippen LogP contribution in [0.5, 0.6) is 0 Å². The molecule has 1 N–H and O–H groups in total. The molecule has 1 fully saturated rings. The number of hydrogen-bond acceptors (Lipinski definition) is 3. The fraction of sp³-hybridized carbons (Fsp3) is 0.500. The number of halogens is 3. The summed E-state index contributed by atoms with van der Waals surface area (Å²) in [5.74, 6) is -0.412. The van der Waals surface area contributed by atoms with Crippen LogP contribution in [0, 0.1) is 0 Å². The summed E-state index contributed by atoms with van der Waals surface area (Å²) in [5.41, 5.74) is -0.412. The van der Waals surface area contributed by atoms with Gasteiger partial charge in [0.1, 0.15) is 0 Å². The number of ether oxygens (including phenoxy) is 1. The highest BCUT2D eigenvalue weighted by Gasteiger charge is 2.33. The summed E-state index contributed by atoms with van der Waals surface area (Å²) >= 11 is 0. The van der Waals surface area contributed by atoms with E-state index in [1.165, 1.54) is 11.0 Å². The smallest absolute Gasteiger partial charge is 0.387 e. The largest absolute Gasteiger partial charge is 0.416 e. The van der Waals surface area contributed by atoms with Crippen LogP contribution in [0.1, 0.15) is 22.3 Å². The van der Waals surface area contributed by atoms with Crippen molar-refractivity contribution in [3.8, 4) is 0 Å². The van der Waals surface area contributed by atoms with Gasteiger partial charge in [0.15, 0.2) is 0 Å². The van der Waals surface area contributed by atoms with E-state index in [9.17, 15) is 18.0 Å². The molecule has 2 rings (SSSR count). The maximum atomic E-state index is 12.8. The fourth-order valence-corrected chi connectivity index (χ4v) is 2.39. The van der Waals surface area contributed by atoms with Crippen LogP contribution in [0.15, 0.2) is 18.2 Å². The lowest BCUT2D eigenvalue weighted by molar-refractivity contribution is -0.137. The number of nitrogens with zero attached hydrogens (tertiary/aromatic N) is 1. The first-order chi connectivity index (χ1) is 9.86. The monoisotopic (exact) mass is 302 g/mol. The SMILES string of the molecule is CNc1ccc(C(F)(F)F)cc1C(=O)N1CCC(OC)C1. The van der Waals surface area contributed by atoms with Crippen LogP contribution < -0.4 is 5.32 Å². The van der Waals surface area contributed by atoms with Crippen molar-refractivity contribution in [3.05, 3.63) is 29.3 Å². The highest BCUT2D eigenvalue weighted by atomic mass is 19.4. The minimum absolute atomic E-state index is 0.0316. The van der Waals surface area contributed by atoms with Crippen molar-refractivity contribution in [2.75, 3.05) is 32.6 Å². The van der Waals surface area contributed by atoms with E-state index in [1.54, 1.807) is 14.2 Å². The minimum Gasteiger partial charge on any atom is -0.387 e. The van der Waals surface area contributed by atoms with Crippen LogP contribution in [0.25, 0.3) is 0 Å². The molecular weight excluding hydrogens is 285 g/mol. The van der Waals surface area contributed by atoms with Gasteiger partial charge in [-0.25, -0.2) is 0 Å². The molecule has 1 unspecified atom stereocenters. The van der Waals surface area contributed by atoms with E-state index < -0.39 is 17.6 Å². The van der Waals surface area contributed by atoms with Crippen molar-refractivity contribution in [2.24, 2.45) is 0 Å². The Kier molecular flexibility index (Phi) is 4.41. The predicted octanol–water partition coefficient (Wildman–Crippen LogP) is 2.61. The topological polar surface area (TPSA) is 41.6 Å². The molecule has 1 aromatic rings. The van der Waals surface area contributed by atoms with Crippen LogP contribution >= 0.6 is 0 Å². The number of rotatable bonds is 3. The van der Waals surface area contributed by atoms with Gasteiger partial charge < -0.3 is 15.0 Å². The number of methoxy groups -OCH3 is 1. The Hall–Kier alpha value is -1.76. The normalized spacial score (nSPS) is 18.9. The Labute approximate surface area is 120 Å². The molecule has 116 valence electrons. The standard InChI is InChI=1S/C14H17F3N2O2/c1-18-12-4-3-9(14(15,16)17)7-11(12)13(20)19-6-5-10(8-19)21-2/h3-4,7,10,18H,5-6,8H2,1-2H3. The number of hydrogen-bond donors (Lipinski definition) is 1. The van der Waals surface area contributed by atoms with Gasteiger partial charge in [0, 0.05) is 32.9 Å². The quantitative estimate of drug-likeness (QED) is 0.933. The van der Waals surface area contributed by atoms with E-state index in [0.29, 0.717) is 25.2 Å². The van der Waals surface area contributed by atoms with Crippen LogP contribution in [-0.2, 0) is 10.9 Å². The molecule has 1 aliphatic heterocycles. The zero-order valence-corrected chi connectivity index (χ0v) is 11.8. The Morgan fingerprint density at radius 2 is 2.14 bits per heavy atom. The molecule has 1 heterocycles. The lowest BCUT2D eigenvalue weighted by Crippen LogP contribution is -2.30. The maximum Gasteiger partial charge on any atom is 0.416 e. The van der Waals surface area contributed by atoms with Gasteiger partial charge in [-0.3, -0.25) is 4.79 Å². The average molecular weight is 302 g/mol. The zero-order valence-electron chi connectivity index (χ0n) is 11.8. The van der Waals surface area contributed by atoms with Gasteiger partial charge in [0.2, 0.25) is 0 Å². The number of alkyl halides is 3. The summed E-state index contributed by atoms with van der Waals surface area (Å²) in [6.45, 7) is 0.880. The van der Waals surface area contributed by atoms with Gasteiger partial charge in [-0.2, -0.15) is 13.2 Å². The van der Waals surface area contributed by atoms with Crippen LogP contribution in [0.3, 0.4) is 0 Å². The molecule has 0 saturated carbocycles. The van der Waals surface area contributed by atoms with Gasteiger partial charge in [0.25, 0.3) is 5.91 Å². The molecule has 21 heavy (non-hydrogen) atoms. The summed E-state index contributed by atoms with van der Waals surface area (Å²) in [6.07, 6.45) is -3.84. The molecular formula is C14H17F3N2O2. The highest BCUT2D eigenvalue weighted by molar-refractivity contribution is 6.00. The summed E-state index contributed by atoms with van der Waals surface area (Å²) in [4.78, 5) is 13.9. The molecule has 0 aliphatic carbocycles. The molecule has 1 aliphatic rings. The first-order valence-electron chi connectivity index (χ1n) is 6.58. The molecule has 0 radical (unpaired) electrons. The average Bonchev–Trinajstić information content (AvgIpc) is 2.93. The van der Waals surface area contributed by atoms with Crippen molar-refractivity contribution in [1.82, 2.24) is 4.90 Å². The van der Waals surface area contributed by atoms with Crippen LogP contribution in [-0.4, -0.2) is 44.2 Å². The van der Waals surface area contributed by atoms with E-state index in [-0.39, 0.29) is 11.7 Å². The van der Waals surface area contributed by atoms with Gasteiger partial charge in [-0.05, 0) is 24.6 Å². The Bertz CT molecular complexity index is 531. The van der Waals surface area contributed by atoms with Gasteiger partial charge in [-0.1, -0.05) is 0 Å². The third kappa shape index (κ3) is 3.29.